The SMILES string of the molecule is Cn1c(SCC(=O)Nc2cccc(I)c2)nnc1-c1cccnc1. The highest BCUT2D eigenvalue weighted by atomic mass is 127. The van der Waals surface area contributed by atoms with Gasteiger partial charge in [0.15, 0.2) is 11.0 Å². The van der Waals surface area contributed by atoms with E-state index in [4.69, 9.17) is 0 Å². The van der Waals surface area contributed by atoms with Crippen molar-refractivity contribution >= 4 is 45.9 Å². The molecule has 0 unspecified atom stereocenters. The van der Waals surface area contributed by atoms with E-state index in [2.05, 4.69) is 43.1 Å². The first-order chi connectivity index (χ1) is 11.6. The number of aromatic nitrogens is 4. The molecule has 122 valence electrons. The Morgan fingerprint density at radius 2 is 2.17 bits per heavy atom. The summed E-state index contributed by atoms with van der Waals surface area (Å²) in [6.07, 6.45) is 3.45. The quantitative estimate of drug-likeness (QED) is 0.477. The summed E-state index contributed by atoms with van der Waals surface area (Å²) in [7, 11) is 1.88. The van der Waals surface area contributed by atoms with E-state index in [0.29, 0.717) is 5.16 Å². The van der Waals surface area contributed by atoms with Crippen LogP contribution in [0, 0.1) is 3.57 Å². The molecule has 8 heteroatoms. The van der Waals surface area contributed by atoms with Gasteiger partial charge in [0.2, 0.25) is 5.91 Å². The summed E-state index contributed by atoms with van der Waals surface area (Å²) in [5, 5.41) is 11.9. The van der Waals surface area contributed by atoms with Crippen molar-refractivity contribution in [2.75, 3.05) is 11.1 Å². The molecule has 0 saturated carbocycles. The average Bonchev–Trinajstić information content (AvgIpc) is 2.94. The molecule has 3 rings (SSSR count). The van der Waals surface area contributed by atoms with E-state index in [9.17, 15) is 4.79 Å². The zero-order chi connectivity index (χ0) is 16.9. The number of nitrogens with zero attached hydrogens (tertiary/aromatic N) is 4. The molecule has 0 bridgehead atoms. The molecular formula is C16H14IN5OS. The summed E-state index contributed by atoms with van der Waals surface area (Å²) < 4.78 is 2.94. The second-order valence-electron chi connectivity index (χ2n) is 4.95. The second kappa shape index (κ2) is 7.75. The van der Waals surface area contributed by atoms with Crippen LogP contribution in [0.3, 0.4) is 0 Å². The molecule has 0 aliphatic carbocycles. The summed E-state index contributed by atoms with van der Waals surface area (Å²) in [4.78, 5) is 16.2. The third-order valence-corrected chi connectivity index (χ3v) is 4.89. The number of nitrogens with one attached hydrogen (secondary N) is 1. The maximum atomic E-state index is 12.1. The van der Waals surface area contributed by atoms with Crippen molar-refractivity contribution in [3.63, 3.8) is 0 Å². The molecule has 0 aliphatic rings. The van der Waals surface area contributed by atoms with Crippen molar-refractivity contribution in [3.8, 4) is 11.4 Å². The van der Waals surface area contributed by atoms with E-state index in [1.54, 1.807) is 12.4 Å². The van der Waals surface area contributed by atoms with Crippen molar-refractivity contribution in [2.45, 2.75) is 5.16 Å². The van der Waals surface area contributed by atoms with Gasteiger partial charge in [0.05, 0.1) is 5.75 Å². The van der Waals surface area contributed by atoms with Gasteiger partial charge in [0.25, 0.3) is 0 Å². The number of thioether (sulfide) groups is 1. The molecule has 24 heavy (non-hydrogen) atoms. The molecule has 1 amide bonds. The number of hydrogen-bond acceptors (Lipinski definition) is 5. The molecule has 0 aliphatic heterocycles. The van der Waals surface area contributed by atoms with Gasteiger partial charge in [-0.1, -0.05) is 17.8 Å². The lowest BCUT2D eigenvalue weighted by atomic mass is 10.3. The largest absolute Gasteiger partial charge is 0.325 e. The fourth-order valence-corrected chi connectivity index (χ4v) is 3.33. The van der Waals surface area contributed by atoms with Gasteiger partial charge in [0, 0.05) is 34.3 Å². The van der Waals surface area contributed by atoms with Gasteiger partial charge in [-0.3, -0.25) is 9.78 Å². The highest BCUT2D eigenvalue weighted by Crippen LogP contribution is 2.22. The van der Waals surface area contributed by atoms with Gasteiger partial charge in [-0.05, 0) is 52.9 Å². The number of carbonyl (C=O) groups is 1. The van der Waals surface area contributed by atoms with E-state index in [1.807, 2.05) is 48.0 Å². The molecular weight excluding hydrogens is 437 g/mol. The highest BCUT2D eigenvalue weighted by molar-refractivity contribution is 14.1. The Morgan fingerprint density at radius 1 is 1.29 bits per heavy atom. The van der Waals surface area contributed by atoms with E-state index in [0.717, 1.165) is 20.6 Å². The van der Waals surface area contributed by atoms with Crippen molar-refractivity contribution in [2.24, 2.45) is 7.05 Å². The van der Waals surface area contributed by atoms with Gasteiger partial charge in [-0.25, -0.2) is 0 Å². The van der Waals surface area contributed by atoms with Gasteiger partial charge in [0.1, 0.15) is 0 Å². The van der Waals surface area contributed by atoms with Crippen LogP contribution < -0.4 is 5.32 Å². The van der Waals surface area contributed by atoms with Crippen molar-refractivity contribution < 1.29 is 4.79 Å². The van der Waals surface area contributed by atoms with E-state index in [1.165, 1.54) is 11.8 Å². The molecule has 0 fully saturated rings. The smallest absolute Gasteiger partial charge is 0.234 e. The predicted molar refractivity (Wildman–Crippen MR) is 103 cm³/mol. The summed E-state index contributed by atoms with van der Waals surface area (Å²) in [6.45, 7) is 0. The van der Waals surface area contributed by atoms with Crippen LogP contribution in [0.4, 0.5) is 5.69 Å². The van der Waals surface area contributed by atoms with Gasteiger partial charge in [-0.15, -0.1) is 10.2 Å². The Balaban J connectivity index is 1.63. The van der Waals surface area contributed by atoms with Crippen LogP contribution in [-0.2, 0) is 11.8 Å². The standard InChI is InChI=1S/C16H14IN5OS/c1-22-15(11-4-3-7-18-9-11)20-21-16(22)24-10-14(23)19-13-6-2-5-12(17)8-13/h2-9H,10H2,1H3,(H,19,23). The van der Waals surface area contributed by atoms with Gasteiger partial charge in [-0.2, -0.15) is 0 Å². The minimum Gasteiger partial charge on any atom is -0.325 e. The van der Waals surface area contributed by atoms with Gasteiger partial charge >= 0.3 is 0 Å². The van der Waals surface area contributed by atoms with Crippen molar-refractivity contribution in [1.82, 2.24) is 19.7 Å². The number of hydrogen-bond donors (Lipinski definition) is 1. The summed E-state index contributed by atoms with van der Waals surface area (Å²) in [5.41, 5.74) is 1.68. The topological polar surface area (TPSA) is 72.7 Å². The van der Waals surface area contributed by atoms with Crippen LogP contribution in [0.25, 0.3) is 11.4 Å². The highest BCUT2D eigenvalue weighted by Gasteiger charge is 2.13. The first kappa shape index (κ1) is 16.9. The van der Waals surface area contributed by atoms with E-state index >= 15 is 0 Å². The normalized spacial score (nSPS) is 10.6. The van der Waals surface area contributed by atoms with Crippen LogP contribution in [0.1, 0.15) is 0 Å². The minimum absolute atomic E-state index is 0.0760. The molecule has 1 aromatic carbocycles. The molecule has 6 nitrogen and oxygen atoms in total. The molecule has 3 aromatic rings. The summed E-state index contributed by atoms with van der Waals surface area (Å²) in [5.74, 6) is 0.918. The Hall–Kier alpha value is -1.94. The van der Waals surface area contributed by atoms with Crippen LogP contribution in [0.2, 0.25) is 0 Å². The minimum atomic E-state index is -0.0760. The fraction of sp³-hybridized carbons (Fsp3) is 0.125. The third-order valence-electron chi connectivity index (χ3n) is 3.20. The zero-order valence-electron chi connectivity index (χ0n) is 12.8. The molecule has 0 atom stereocenters. The molecule has 0 spiro atoms. The maximum Gasteiger partial charge on any atom is 0.234 e. The lowest BCUT2D eigenvalue weighted by Crippen LogP contribution is -2.14. The number of rotatable bonds is 5. The first-order valence-electron chi connectivity index (χ1n) is 7.11. The predicted octanol–water partition coefficient (Wildman–Crippen LogP) is 3.21. The number of amides is 1. The lowest BCUT2D eigenvalue weighted by molar-refractivity contribution is -0.113. The zero-order valence-corrected chi connectivity index (χ0v) is 15.8. The number of halogens is 1. The molecule has 1 N–H and O–H groups in total. The average molecular weight is 451 g/mol. The molecule has 2 heterocycles. The van der Waals surface area contributed by atoms with Gasteiger partial charge < -0.3 is 9.88 Å². The Kier molecular flexibility index (Phi) is 5.46. The van der Waals surface area contributed by atoms with E-state index < -0.39 is 0 Å². The number of pyridine rings is 1. The molecule has 2 aromatic heterocycles. The van der Waals surface area contributed by atoms with Crippen molar-refractivity contribution in [3.05, 3.63) is 52.4 Å². The first-order valence-corrected chi connectivity index (χ1v) is 9.18. The Morgan fingerprint density at radius 3 is 2.92 bits per heavy atom. The Labute approximate surface area is 157 Å². The van der Waals surface area contributed by atoms with Crippen molar-refractivity contribution in [1.29, 1.82) is 0 Å². The van der Waals surface area contributed by atoms with Crippen LogP contribution >= 0.6 is 34.4 Å². The molecule has 0 saturated heterocycles. The monoisotopic (exact) mass is 451 g/mol. The summed E-state index contributed by atoms with van der Waals surface area (Å²) >= 11 is 3.56. The Bertz CT molecular complexity index is 853. The number of carbonyl (C=O) groups excluding carboxylic acids is 1. The maximum absolute atomic E-state index is 12.1. The van der Waals surface area contributed by atoms with Crippen LogP contribution in [0.5, 0.6) is 0 Å². The molecule has 0 radical (unpaired) electrons. The third kappa shape index (κ3) is 4.12. The number of benzene rings is 1. The fourth-order valence-electron chi connectivity index (χ4n) is 2.08. The van der Waals surface area contributed by atoms with Crippen LogP contribution in [0.15, 0.2) is 53.9 Å². The summed E-state index contributed by atoms with van der Waals surface area (Å²) in [6, 6.07) is 11.5. The van der Waals surface area contributed by atoms with Crippen LogP contribution in [-0.4, -0.2) is 31.4 Å². The number of anilines is 1. The second-order valence-corrected chi connectivity index (χ2v) is 7.14. The van der Waals surface area contributed by atoms with E-state index in [-0.39, 0.29) is 11.7 Å². The lowest BCUT2D eigenvalue weighted by Gasteiger charge is -2.06.